The Morgan fingerprint density at radius 2 is 1.48 bits per heavy atom. The van der Waals surface area contributed by atoms with Crippen LogP contribution in [0.1, 0.15) is 56.6 Å². The van der Waals surface area contributed by atoms with Crippen molar-refractivity contribution in [2.45, 2.75) is 64.6 Å². The highest BCUT2D eigenvalue weighted by Crippen LogP contribution is 2.61. The fourth-order valence-electron chi connectivity index (χ4n) is 7.55. The van der Waals surface area contributed by atoms with E-state index in [2.05, 4.69) is 79.0 Å². The summed E-state index contributed by atoms with van der Waals surface area (Å²) >= 11 is 0. The molecular weight excluding hydrogens is 426 g/mol. The number of benzene rings is 3. The Morgan fingerprint density at radius 3 is 2.18 bits per heavy atom. The van der Waals surface area contributed by atoms with Gasteiger partial charge in [0, 0.05) is 18.2 Å². The fourth-order valence-corrected chi connectivity index (χ4v) is 7.55. The first kappa shape index (κ1) is 22.7. The molecule has 4 saturated carbocycles. The summed E-state index contributed by atoms with van der Waals surface area (Å²) in [5, 5.41) is 6.61. The standard InChI is InChI=1S/C30H35NO.ClH/c1-21(30-16-23-13-24(17-30)15-25(14-23)18-30)31-19-28-27-10-6-5-9-26(27)11-12-29(28)32-20-22-7-3-2-4-8-22;/h2-12,21,23-25,31H,13-20H2,1H3;1H. The number of hydrogen-bond donors (Lipinski definition) is 1. The zero-order chi connectivity index (χ0) is 21.5. The summed E-state index contributed by atoms with van der Waals surface area (Å²) < 4.78 is 6.37. The van der Waals surface area contributed by atoms with E-state index in [9.17, 15) is 0 Å². The van der Waals surface area contributed by atoms with Gasteiger partial charge in [0.15, 0.2) is 0 Å². The molecule has 4 fully saturated rings. The van der Waals surface area contributed by atoms with E-state index < -0.39 is 0 Å². The lowest BCUT2D eigenvalue weighted by Crippen LogP contribution is -2.54. The monoisotopic (exact) mass is 461 g/mol. The highest BCUT2D eigenvalue weighted by molar-refractivity contribution is 5.87. The number of rotatable bonds is 7. The van der Waals surface area contributed by atoms with Gasteiger partial charge >= 0.3 is 0 Å². The van der Waals surface area contributed by atoms with Gasteiger partial charge in [-0.1, -0.05) is 60.7 Å². The number of ether oxygens (including phenoxy) is 1. The topological polar surface area (TPSA) is 21.3 Å². The van der Waals surface area contributed by atoms with Crippen LogP contribution in [0.5, 0.6) is 5.75 Å². The van der Waals surface area contributed by atoms with Crippen molar-refractivity contribution in [2.75, 3.05) is 0 Å². The van der Waals surface area contributed by atoms with E-state index in [0.717, 1.165) is 30.0 Å². The van der Waals surface area contributed by atoms with E-state index in [1.165, 1.54) is 60.4 Å². The van der Waals surface area contributed by atoms with Crippen LogP contribution in [-0.2, 0) is 13.2 Å². The van der Waals surface area contributed by atoms with Crippen LogP contribution >= 0.6 is 12.4 Å². The third kappa shape index (κ3) is 4.40. The molecule has 7 rings (SSSR count). The maximum atomic E-state index is 6.37. The molecule has 1 atom stereocenters. The van der Waals surface area contributed by atoms with Crippen LogP contribution < -0.4 is 10.1 Å². The Hall–Kier alpha value is -2.03. The van der Waals surface area contributed by atoms with Gasteiger partial charge in [-0.05, 0) is 91.0 Å². The first-order chi connectivity index (χ1) is 15.7. The Balaban J connectivity index is 0.00000228. The van der Waals surface area contributed by atoms with Gasteiger partial charge in [-0.3, -0.25) is 0 Å². The van der Waals surface area contributed by atoms with Crippen LogP contribution in [0.15, 0.2) is 66.7 Å². The van der Waals surface area contributed by atoms with Gasteiger partial charge in [0.05, 0.1) is 0 Å². The van der Waals surface area contributed by atoms with Crippen molar-refractivity contribution >= 4 is 23.2 Å². The smallest absolute Gasteiger partial charge is 0.124 e. The van der Waals surface area contributed by atoms with Gasteiger partial charge in [-0.2, -0.15) is 0 Å². The van der Waals surface area contributed by atoms with Crippen molar-refractivity contribution in [3.05, 3.63) is 77.9 Å². The molecule has 0 radical (unpaired) electrons. The summed E-state index contributed by atoms with van der Waals surface area (Å²) in [5.74, 6) is 3.99. The van der Waals surface area contributed by atoms with Gasteiger partial charge in [-0.15, -0.1) is 12.4 Å². The summed E-state index contributed by atoms with van der Waals surface area (Å²) in [7, 11) is 0. The number of halogens is 1. The predicted octanol–water partition coefficient (Wildman–Crippen LogP) is 7.54. The Kier molecular flexibility index (Phi) is 6.42. The molecule has 174 valence electrons. The Labute approximate surface area is 204 Å². The van der Waals surface area contributed by atoms with Crippen molar-refractivity contribution in [1.82, 2.24) is 5.32 Å². The van der Waals surface area contributed by atoms with Gasteiger partial charge in [0.1, 0.15) is 12.4 Å². The molecule has 4 bridgehead atoms. The molecule has 0 aromatic heterocycles. The van der Waals surface area contributed by atoms with Gasteiger partial charge < -0.3 is 10.1 Å². The molecule has 0 amide bonds. The number of nitrogens with one attached hydrogen (secondary N) is 1. The molecular formula is C30H36ClNO. The van der Waals surface area contributed by atoms with Gasteiger partial charge in [-0.25, -0.2) is 0 Å². The largest absolute Gasteiger partial charge is 0.489 e. The molecule has 0 heterocycles. The average Bonchev–Trinajstić information content (AvgIpc) is 2.81. The average molecular weight is 462 g/mol. The predicted molar refractivity (Wildman–Crippen MR) is 139 cm³/mol. The maximum Gasteiger partial charge on any atom is 0.124 e. The second kappa shape index (κ2) is 9.31. The van der Waals surface area contributed by atoms with Crippen molar-refractivity contribution in [3.63, 3.8) is 0 Å². The van der Waals surface area contributed by atoms with Crippen LogP contribution in [0.4, 0.5) is 0 Å². The van der Waals surface area contributed by atoms with E-state index in [0.29, 0.717) is 18.1 Å². The van der Waals surface area contributed by atoms with Crippen LogP contribution in [0, 0.1) is 23.2 Å². The number of hydrogen-bond acceptors (Lipinski definition) is 2. The van der Waals surface area contributed by atoms with E-state index in [1.54, 1.807) is 0 Å². The van der Waals surface area contributed by atoms with Crippen LogP contribution in [0.3, 0.4) is 0 Å². The molecule has 0 aliphatic heterocycles. The van der Waals surface area contributed by atoms with Crippen molar-refractivity contribution in [1.29, 1.82) is 0 Å². The molecule has 3 heteroatoms. The lowest BCUT2D eigenvalue weighted by atomic mass is 9.48. The van der Waals surface area contributed by atoms with Gasteiger partial charge in [0.2, 0.25) is 0 Å². The Morgan fingerprint density at radius 1 is 0.848 bits per heavy atom. The number of fused-ring (bicyclic) bond motifs is 1. The highest BCUT2D eigenvalue weighted by Gasteiger charge is 2.52. The summed E-state index contributed by atoms with van der Waals surface area (Å²) in [6.45, 7) is 3.94. The normalized spacial score (nSPS) is 28.5. The molecule has 0 spiro atoms. The summed E-state index contributed by atoms with van der Waals surface area (Å²) in [5.41, 5.74) is 3.03. The molecule has 4 aliphatic carbocycles. The van der Waals surface area contributed by atoms with Crippen LogP contribution in [0.25, 0.3) is 10.8 Å². The third-order valence-electron chi connectivity index (χ3n) is 8.82. The third-order valence-corrected chi connectivity index (χ3v) is 8.82. The molecule has 3 aromatic carbocycles. The maximum absolute atomic E-state index is 6.37. The molecule has 33 heavy (non-hydrogen) atoms. The van der Waals surface area contributed by atoms with Crippen LogP contribution in [-0.4, -0.2) is 6.04 Å². The van der Waals surface area contributed by atoms with Crippen molar-refractivity contribution < 1.29 is 4.74 Å². The van der Waals surface area contributed by atoms with Crippen molar-refractivity contribution in [2.24, 2.45) is 23.2 Å². The van der Waals surface area contributed by atoms with E-state index in [1.807, 2.05) is 0 Å². The molecule has 2 nitrogen and oxygen atoms in total. The first-order valence-electron chi connectivity index (χ1n) is 12.6. The lowest BCUT2D eigenvalue weighted by molar-refractivity contribution is -0.0706. The minimum absolute atomic E-state index is 0. The summed E-state index contributed by atoms with van der Waals surface area (Å²) in [4.78, 5) is 0. The minimum Gasteiger partial charge on any atom is -0.489 e. The highest BCUT2D eigenvalue weighted by atomic mass is 35.5. The second-order valence-electron chi connectivity index (χ2n) is 10.9. The second-order valence-corrected chi connectivity index (χ2v) is 10.9. The molecule has 3 aromatic rings. The zero-order valence-electron chi connectivity index (χ0n) is 19.6. The zero-order valence-corrected chi connectivity index (χ0v) is 20.5. The SMILES string of the molecule is CC(NCc1c(OCc2ccccc2)ccc2ccccc12)C12CC3CC(CC(C3)C1)C2.Cl. The van der Waals surface area contributed by atoms with Crippen LogP contribution in [0.2, 0.25) is 0 Å². The Bertz CT molecular complexity index is 1060. The molecule has 1 unspecified atom stereocenters. The molecule has 4 aliphatic rings. The lowest BCUT2D eigenvalue weighted by Gasteiger charge is -2.59. The van der Waals surface area contributed by atoms with E-state index in [-0.39, 0.29) is 12.4 Å². The fraction of sp³-hybridized carbons (Fsp3) is 0.467. The van der Waals surface area contributed by atoms with Crippen molar-refractivity contribution in [3.8, 4) is 5.75 Å². The van der Waals surface area contributed by atoms with E-state index >= 15 is 0 Å². The quantitative estimate of drug-likeness (QED) is 0.392. The summed E-state index contributed by atoms with van der Waals surface area (Å²) in [6.07, 6.45) is 8.85. The summed E-state index contributed by atoms with van der Waals surface area (Å²) in [6, 6.07) is 24.1. The minimum atomic E-state index is 0. The van der Waals surface area contributed by atoms with E-state index in [4.69, 9.17) is 4.74 Å². The first-order valence-corrected chi connectivity index (χ1v) is 12.6. The molecule has 0 saturated heterocycles. The van der Waals surface area contributed by atoms with Gasteiger partial charge in [0.25, 0.3) is 0 Å². The molecule has 1 N–H and O–H groups in total.